The predicted molar refractivity (Wildman–Crippen MR) is 86.3 cm³/mol. The van der Waals surface area contributed by atoms with Crippen LogP contribution in [-0.2, 0) is 20.7 Å². The topological polar surface area (TPSA) is 76.7 Å². The van der Waals surface area contributed by atoms with E-state index < -0.39 is 5.41 Å². The summed E-state index contributed by atoms with van der Waals surface area (Å²) in [5, 5.41) is 5.62. The molecule has 0 aromatic heterocycles. The second-order valence-corrected chi connectivity index (χ2v) is 5.68. The highest BCUT2D eigenvalue weighted by molar-refractivity contribution is 6.07. The van der Waals surface area contributed by atoms with Crippen LogP contribution in [0.25, 0.3) is 0 Å². The van der Waals surface area contributed by atoms with Crippen molar-refractivity contribution in [2.45, 2.75) is 19.3 Å². The van der Waals surface area contributed by atoms with Gasteiger partial charge in [0.05, 0.1) is 13.7 Å². The minimum Gasteiger partial charge on any atom is -0.497 e. The van der Waals surface area contributed by atoms with Gasteiger partial charge >= 0.3 is 0 Å². The van der Waals surface area contributed by atoms with Crippen molar-refractivity contribution in [3.63, 3.8) is 0 Å². The smallest absolute Gasteiger partial charge is 0.235 e. The van der Waals surface area contributed by atoms with Gasteiger partial charge in [0.25, 0.3) is 0 Å². The van der Waals surface area contributed by atoms with Gasteiger partial charge in [0.2, 0.25) is 11.8 Å². The molecule has 0 heterocycles. The van der Waals surface area contributed by atoms with E-state index in [-0.39, 0.29) is 11.8 Å². The number of carbonyl (C=O) groups is 2. The zero-order valence-electron chi connectivity index (χ0n) is 13.7. The van der Waals surface area contributed by atoms with Gasteiger partial charge in [0.15, 0.2) is 0 Å². The Morgan fingerprint density at radius 2 is 1.65 bits per heavy atom. The van der Waals surface area contributed by atoms with E-state index in [4.69, 9.17) is 9.47 Å². The lowest BCUT2D eigenvalue weighted by Crippen LogP contribution is -2.44. The first kappa shape index (κ1) is 17.3. The number of methoxy groups -OCH3 is 2. The highest BCUT2D eigenvalue weighted by atomic mass is 16.5. The summed E-state index contributed by atoms with van der Waals surface area (Å²) in [5.74, 6) is 0.430. The Hall–Kier alpha value is -2.08. The highest BCUT2D eigenvalue weighted by Crippen LogP contribution is 2.46. The Balaban J connectivity index is 1.76. The molecule has 1 fully saturated rings. The Morgan fingerprint density at radius 1 is 1.04 bits per heavy atom. The van der Waals surface area contributed by atoms with Crippen molar-refractivity contribution in [2.75, 3.05) is 33.9 Å². The van der Waals surface area contributed by atoms with E-state index >= 15 is 0 Å². The molecule has 126 valence electrons. The lowest BCUT2D eigenvalue weighted by molar-refractivity contribution is -0.137. The molecule has 0 bridgehead atoms. The van der Waals surface area contributed by atoms with Crippen LogP contribution in [0.5, 0.6) is 5.75 Å². The average molecular weight is 320 g/mol. The Bertz CT molecular complexity index is 538. The number of rotatable bonds is 9. The van der Waals surface area contributed by atoms with E-state index in [0.717, 1.165) is 17.7 Å². The summed E-state index contributed by atoms with van der Waals surface area (Å²) in [6.07, 6.45) is 1.94. The summed E-state index contributed by atoms with van der Waals surface area (Å²) in [7, 11) is 3.20. The quantitative estimate of drug-likeness (QED) is 0.523. The molecular formula is C17H24N2O4. The summed E-state index contributed by atoms with van der Waals surface area (Å²) in [5.41, 5.74) is 0.244. The third-order valence-electron chi connectivity index (χ3n) is 4.07. The summed E-state index contributed by atoms with van der Waals surface area (Å²) in [6, 6.07) is 7.72. The summed E-state index contributed by atoms with van der Waals surface area (Å²) in [4.78, 5) is 24.4. The van der Waals surface area contributed by atoms with Crippen LogP contribution in [-0.4, -0.2) is 45.7 Å². The number of amides is 2. The second kappa shape index (κ2) is 7.97. The molecule has 1 aliphatic rings. The maximum atomic E-state index is 12.3. The minimum atomic E-state index is -0.867. The van der Waals surface area contributed by atoms with Crippen molar-refractivity contribution < 1.29 is 19.1 Å². The first-order chi connectivity index (χ1) is 11.1. The van der Waals surface area contributed by atoms with Crippen molar-refractivity contribution in [1.29, 1.82) is 0 Å². The number of benzene rings is 1. The second-order valence-electron chi connectivity index (χ2n) is 5.68. The fourth-order valence-corrected chi connectivity index (χ4v) is 2.40. The minimum absolute atomic E-state index is 0.180. The van der Waals surface area contributed by atoms with Crippen LogP contribution in [0.15, 0.2) is 24.3 Å². The van der Waals surface area contributed by atoms with Crippen molar-refractivity contribution in [1.82, 2.24) is 10.6 Å². The zero-order chi connectivity index (χ0) is 16.7. The molecule has 2 rings (SSSR count). The molecule has 6 nitrogen and oxygen atoms in total. The van der Waals surface area contributed by atoms with Gasteiger partial charge in [0.1, 0.15) is 11.2 Å². The monoisotopic (exact) mass is 320 g/mol. The molecule has 1 saturated carbocycles. The van der Waals surface area contributed by atoms with Crippen LogP contribution in [0.4, 0.5) is 0 Å². The van der Waals surface area contributed by atoms with Gasteiger partial charge in [0, 0.05) is 20.2 Å². The zero-order valence-corrected chi connectivity index (χ0v) is 13.7. The molecule has 0 unspecified atom stereocenters. The first-order valence-electron chi connectivity index (χ1n) is 7.81. The fraction of sp³-hybridized carbons (Fsp3) is 0.529. The van der Waals surface area contributed by atoms with Crippen LogP contribution < -0.4 is 15.4 Å². The van der Waals surface area contributed by atoms with Crippen LogP contribution in [0.3, 0.4) is 0 Å². The Labute approximate surface area is 136 Å². The summed E-state index contributed by atoms with van der Waals surface area (Å²) < 4.78 is 10.0. The Morgan fingerprint density at radius 3 is 2.17 bits per heavy atom. The van der Waals surface area contributed by atoms with Crippen molar-refractivity contribution >= 4 is 11.8 Å². The molecule has 1 aromatic carbocycles. The number of hydrogen-bond acceptors (Lipinski definition) is 4. The van der Waals surface area contributed by atoms with Crippen LogP contribution in [0, 0.1) is 5.41 Å². The van der Waals surface area contributed by atoms with Gasteiger partial charge in [-0.15, -0.1) is 0 Å². The van der Waals surface area contributed by atoms with Crippen molar-refractivity contribution in [2.24, 2.45) is 5.41 Å². The normalized spacial score (nSPS) is 14.9. The predicted octanol–water partition coefficient (Wildman–Crippen LogP) is 0.897. The number of ether oxygens (including phenoxy) is 2. The van der Waals surface area contributed by atoms with E-state index in [1.165, 1.54) is 0 Å². The molecule has 0 aliphatic heterocycles. The van der Waals surface area contributed by atoms with Gasteiger partial charge < -0.3 is 20.1 Å². The van der Waals surface area contributed by atoms with Gasteiger partial charge in [-0.25, -0.2) is 0 Å². The van der Waals surface area contributed by atoms with E-state index in [0.29, 0.717) is 32.5 Å². The van der Waals surface area contributed by atoms with Gasteiger partial charge in [-0.3, -0.25) is 9.59 Å². The summed E-state index contributed by atoms with van der Waals surface area (Å²) in [6.45, 7) is 1.38. The van der Waals surface area contributed by atoms with E-state index in [9.17, 15) is 9.59 Å². The van der Waals surface area contributed by atoms with Crippen molar-refractivity contribution in [3.8, 4) is 5.75 Å². The summed E-state index contributed by atoms with van der Waals surface area (Å²) >= 11 is 0. The molecule has 1 aliphatic carbocycles. The molecule has 0 spiro atoms. The van der Waals surface area contributed by atoms with E-state index in [1.807, 2.05) is 24.3 Å². The molecule has 6 heteroatoms. The van der Waals surface area contributed by atoms with Gasteiger partial charge in [-0.2, -0.15) is 0 Å². The van der Waals surface area contributed by atoms with Crippen LogP contribution >= 0.6 is 0 Å². The number of hydrogen-bond donors (Lipinski definition) is 2. The molecule has 0 saturated heterocycles. The largest absolute Gasteiger partial charge is 0.497 e. The Kier molecular flexibility index (Phi) is 5.98. The van der Waals surface area contributed by atoms with Crippen LogP contribution in [0.1, 0.15) is 18.4 Å². The van der Waals surface area contributed by atoms with E-state index in [1.54, 1.807) is 14.2 Å². The molecule has 2 amide bonds. The maximum absolute atomic E-state index is 12.3. The lowest BCUT2D eigenvalue weighted by atomic mass is 10.0. The number of carbonyl (C=O) groups excluding carboxylic acids is 2. The standard InChI is InChI=1S/C17H24N2O4/c1-22-12-11-19-16(21)17(8-9-17)15(20)18-10-7-13-3-5-14(23-2)6-4-13/h3-6H,7-12H2,1-2H3,(H,18,20)(H,19,21). The highest BCUT2D eigenvalue weighted by Gasteiger charge is 2.56. The van der Waals surface area contributed by atoms with Gasteiger partial charge in [-0.05, 0) is 37.0 Å². The number of nitrogens with one attached hydrogen (secondary N) is 2. The molecule has 0 atom stereocenters. The van der Waals surface area contributed by atoms with Crippen molar-refractivity contribution in [3.05, 3.63) is 29.8 Å². The maximum Gasteiger partial charge on any atom is 0.235 e. The third kappa shape index (κ3) is 4.45. The third-order valence-corrected chi connectivity index (χ3v) is 4.07. The average Bonchev–Trinajstić information content (AvgIpc) is 3.37. The fourth-order valence-electron chi connectivity index (χ4n) is 2.40. The SMILES string of the molecule is COCCNC(=O)C1(C(=O)NCCc2ccc(OC)cc2)CC1. The van der Waals surface area contributed by atoms with Crippen LogP contribution in [0.2, 0.25) is 0 Å². The molecule has 1 aromatic rings. The first-order valence-corrected chi connectivity index (χ1v) is 7.81. The molecule has 23 heavy (non-hydrogen) atoms. The molecule has 2 N–H and O–H groups in total. The molecular weight excluding hydrogens is 296 g/mol. The lowest BCUT2D eigenvalue weighted by Gasteiger charge is -2.15. The van der Waals surface area contributed by atoms with E-state index in [2.05, 4.69) is 10.6 Å². The molecule has 0 radical (unpaired) electrons. The van der Waals surface area contributed by atoms with Gasteiger partial charge in [-0.1, -0.05) is 12.1 Å².